The van der Waals surface area contributed by atoms with E-state index in [2.05, 4.69) is 12.2 Å². The van der Waals surface area contributed by atoms with Crippen molar-refractivity contribution < 1.29 is 9.90 Å². The van der Waals surface area contributed by atoms with Gasteiger partial charge < -0.3 is 10.4 Å². The van der Waals surface area contributed by atoms with Crippen LogP contribution in [0.25, 0.3) is 0 Å². The molecule has 0 bridgehead atoms. The van der Waals surface area contributed by atoms with Gasteiger partial charge in [0.25, 0.3) is 0 Å². The molecule has 0 saturated heterocycles. The molecule has 0 unspecified atom stereocenters. The predicted octanol–water partition coefficient (Wildman–Crippen LogP) is 1.36. The molecule has 0 rings (SSSR count). The lowest BCUT2D eigenvalue weighted by Gasteiger charge is -1.98. The largest absolute Gasteiger partial charge is 0.478 e. The molecular formula is C8H15NO2. The summed E-state index contributed by atoms with van der Waals surface area (Å²) in [5, 5.41) is 11.4. The second-order valence-corrected chi connectivity index (χ2v) is 2.44. The highest BCUT2D eigenvalue weighted by atomic mass is 16.4. The van der Waals surface area contributed by atoms with Crippen LogP contribution in [0.15, 0.2) is 11.8 Å². The van der Waals surface area contributed by atoms with Gasteiger partial charge in [0.05, 0.1) is 0 Å². The highest BCUT2D eigenvalue weighted by Crippen LogP contribution is 1.89. The van der Waals surface area contributed by atoms with Crippen LogP contribution in [-0.4, -0.2) is 17.6 Å². The highest BCUT2D eigenvalue weighted by molar-refractivity contribution is 5.85. The van der Waals surface area contributed by atoms with Crippen molar-refractivity contribution in [2.75, 3.05) is 6.54 Å². The van der Waals surface area contributed by atoms with Crippen LogP contribution in [0.1, 0.15) is 26.7 Å². The van der Waals surface area contributed by atoms with Gasteiger partial charge in [-0.15, -0.1) is 0 Å². The first kappa shape index (κ1) is 10.0. The number of hydrogen-bond donors (Lipinski definition) is 2. The molecule has 0 saturated carbocycles. The van der Waals surface area contributed by atoms with Crippen molar-refractivity contribution >= 4 is 5.97 Å². The van der Waals surface area contributed by atoms with Crippen LogP contribution in [0, 0.1) is 0 Å². The summed E-state index contributed by atoms with van der Waals surface area (Å²) in [5.74, 6) is -0.867. The van der Waals surface area contributed by atoms with Crippen molar-refractivity contribution in [3.05, 3.63) is 11.8 Å². The first-order valence-corrected chi connectivity index (χ1v) is 3.82. The molecule has 0 aliphatic heterocycles. The van der Waals surface area contributed by atoms with E-state index < -0.39 is 5.97 Å². The Morgan fingerprint density at radius 2 is 2.27 bits per heavy atom. The molecular weight excluding hydrogens is 142 g/mol. The van der Waals surface area contributed by atoms with E-state index in [-0.39, 0.29) is 0 Å². The Morgan fingerprint density at radius 3 is 2.73 bits per heavy atom. The van der Waals surface area contributed by atoms with Crippen molar-refractivity contribution in [1.82, 2.24) is 5.32 Å². The van der Waals surface area contributed by atoms with E-state index in [0.717, 1.165) is 19.4 Å². The number of aliphatic carboxylic acids is 1. The summed E-state index contributed by atoms with van der Waals surface area (Å²) in [6, 6.07) is 0. The fourth-order valence-electron chi connectivity index (χ4n) is 0.566. The molecule has 2 N–H and O–H groups in total. The third kappa shape index (κ3) is 5.45. The molecule has 0 atom stereocenters. The second-order valence-electron chi connectivity index (χ2n) is 2.44. The van der Waals surface area contributed by atoms with E-state index in [1.54, 1.807) is 6.92 Å². The molecule has 0 aliphatic carbocycles. The van der Waals surface area contributed by atoms with Crippen LogP contribution < -0.4 is 5.32 Å². The number of carboxylic acids is 1. The van der Waals surface area contributed by atoms with Gasteiger partial charge in [0.15, 0.2) is 0 Å². The molecule has 0 aromatic rings. The molecule has 0 amide bonds. The van der Waals surface area contributed by atoms with Crippen molar-refractivity contribution in [2.24, 2.45) is 0 Å². The Hall–Kier alpha value is -0.990. The van der Waals surface area contributed by atoms with Gasteiger partial charge in [0.2, 0.25) is 0 Å². The van der Waals surface area contributed by atoms with Gasteiger partial charge in [-0.25, -0.2) is 4.79 Å². The standard InChI is InChI=1S/C8H15NO2/c1-3-4-5-9-6-7(2)8(10)11/h6,9H,3-5H2,1-2H3,(H,10,11). The molecule has 11 heavy (non-hydrogen) atoms. The molecule has 0 aliphatic rings. The minimum absolute atomic E-state index is 0.348. The number of rotatable bonds is 5. The lowest BCUT2D eigenvalue weighted by molar-refractivity contribution is -0.132. The minimum Gasteiger partial charge on any atom is -0.478 e. The maximum Gasteiger partial charge on any atom is 0.332 e. The summed E-state index contributed by atoms with van der Waals surface area (Å²) in [6.07, 6.45) is 3.73. The molecule has 0 aromatic heterocycles. The Morgan fingerprint density at radius 1 is 1.64 bits per heavy atom. The van der Waals surface area contributed by atoms with Crippen LogP contribution in [0.5, 0.6) is 0 Å². The summed E-state index contributed by atoms with van der Waals surface area (Å²) in [4.78, 5) is 10.3. The van der Waals surface area contributed by atoms with Crippen molar-refractivity contribution in [3.8, 4) is 0 Å². The molecule has 0 aromatic carbocycles. The van der Waals surface area contributed by atoms with Crippen LogP contribution in [0.3, 0.4) is 0 Å². The molecule has 64 valence electrons. The third-order valence-electron chi connectivity index (χ3n) is 1.33. The fraction of sp³-hybridized carbons (Fsp3) is 0.625. The van der Waals surface area contributed by atoms with E-state index in [1.165, 1.54) is 6.20 Å². The van der Waals surface area contributed by atoms with E-state index in [9.17, 15) is 4.79 Å². The smallest absolute Gasteiger partial charge is 0.332 e. The normalized spacial score (nSPS) is 11.3. The van der Waals surface area contributed by atoms with E-state index in [1.807, 2.05) is 0 Å². The number of unbranched alkanes of at least 4 members (excludes halogenated alkanes) is 1. The maximum atomic E-state index is 10.3. The van der Waals surface area contributed by atoms with Crippen molar-refractivity contribution in [2.45, 2.75) is 26.7 Å². The zero-order valence-corrected chi connectivity index (χ0v) is 7.05. The Bertz CT molecular complexity index is 152. The monoisotopic (exact) mass is 157 g/mol. The average Bonchev–Trinajstić information content (AvgIpc) is 1.97. The minimum atomic E-state index is -0.867. The maximum absolute atomic E-state index is 10.3. The summed E-state index contributed by atoms with van der Waals surface area (Å²) in [5.41, 5.74) is 0.348. The Kier molecular flexibility index (Phi) is 5.25. The number of carboxylic acid groups (broad SMARTS) is 1. The van der Waals surface area contributed by atoms with Gasteiger partial charge in [-0.3, -0.25) is 0 Å². The van der Waals surface area contributed by atoms with Crippen LogP contribution >= 0.6 is 0 Å². The molecule has 0 spiro atoms. The highest BCUT2D eigenvalue weighted by Gasteiger charge is 1.96. The first-order chi connectivity index (χ1) is 5.18. The summed E-state index contributed by atoms with van der Waals surface area (Å²) in [6.45, 7) is 4.51. The van der Waals surface area contributed by atoms with Gasteiger partial charge in [-0.2, -0.15) is 0 Å². The lowest BCUT2D eigenvalue weighted by atomic mass is 10.3. The van der Waals surface area contributed by atoms with Crippen LogP contribution in [0.2, 0.25) is 0 Å². The van der Waals surface area contributed by atoms with E-state index >= 15 is 0 Å². The topological polar surface area (TPSA) is 49.3 Å². The second kappa shape index (κ2) is 5.77. The summed E-state index contributed by atoms with van der Waals surface area (Å²) >= 11 is 0. The Balaban J connectivity index is 3.48. The number of nitrogens with one attached hydrogen (secondary N) is 1. The van der Waals surface area contributed by atoms with Crippen molar-refractivity contribution in [3.63, 3.8) is 0 Å². The molecule has 3 nitrogen and oxygen atoms in total. The van der Waals surface area contributed by atoms with Crippen LogP contribution in [-0.2, 0) is 4.79 Å². The van der Waals surface area contributed by atoms with Gasteiger partial charge in [0.1, 0.15) is 0 Å². The van der Waals surface area contributed by atoms with Gasteiger partial charge in [-0.05, 0) is 13.3 Å². The SMILES string of the molecule is CCCCNC=C(C)C(=O)O. The number of hydrogen-bond acceptors (Lipinski definition) is 2. The van der Waals surface area contributed by atoms with Crippen LogP contribution in [0.4, 0.5) is 0 Å². The molecule has 3 heteroatoms. The van der Waals surface area contributed by atoms with Gasteiger partial charge in [-0.1, -0.05) is 13.3 Å². The molecule has 0 fully saturated rings. The fourth-order valence-corrected chi connectivity index (χ4v) is 0.566. The number of carbonyl (C=O) groups is 1. The Labute approximate surface area is 67.1 Å². The summed E-state index contributed by atoms with van der Waals surface area (Å²) in [7, 11) is 0. The first-order valence-electron chi connectivity index (χ1n) is 3.82. The summed E-state index contributed by atoms with van der Waals surface area (Å²) < 4.78 is 0. The van der Waals surface area contributed by atoms with E-state index in [4.69, 9.17) is 5.11 Å². The van der Waals surface area contributed by atoms with E-state index in [0.29, 0.717) is 5.57 Å². The third-order valence-corrected chi connectivity index (χ3v) is 1.33. The molecule has 0 heterocycles. The zero-order valence-electron chi connectivity index (χ0n) is 7.05. The quantitative estimate of drug-likeness (QED) is 0.468. The van der Waals surface area contributed by atoms with Crippen molar-refractivity contribution in [1.29, 1.82) is 0 Å². The predicted molar refractivity (Wildman–Crippen MR) is 44.3 cm³/mol. The van der Waals surface area contributed by atoms with Gasteiger partial charge >= 0.3 is 5.97 Å². The van der Waals surface area contributed by atoms with Gasteiger partial charge in [0, 0.05) is 18.3 Å². The average molecular weight is 157 g/mol. The lowest BCUT2D eigenvalue weighted by Crippen LogP contribution is -2.09. The molecule has 0 radical (unpaired) electrons. The zero-order chi connectivity index (χ0) is 8.69.